The highest BCUT2D eigenvalue weighted by atomic mass is 16.3. The first-order valence-corrected chi connectivity index (χ1v) is 17.1. The maximum Gasteiger partial charge on any atom is 0.136 e. The Morgan fingerprint density at radius 2 is 1.00 bits per heavy atom. The number of nitrogens with zero attached hydrogens (tertiary/aromatic N) is 1. The van der Waals surface area contributed by atoms with Gasteiger partial charge in [0.2, 0.25) is 0 Å². The van der Waals surface area contributed by atoms with Crippen molar-refractivity contribution < 1.29 is 4.42 Å². The third-order valence-corrected chi connectivity index (χ3v) is 10.0. The number of hydrogen-bond donors (Lipinski definition) is 0. The molecule has 0 spiro atoms. The average Bonchev–Trinajstić information content (AvgIpc) is 3.55. The van der Waals surface area contributed by atoms with Crippen LogP contribution in [0.3, 0.4) is 0 Å². The molecule has 10 rings (SSSR count). The van der Waals surface area contributed by atoms with E-state index in [-0.39, 0.29) is 0 Å². The van der Waals surface area contributed by atoms with Gasteiger partial charge in [0.25, 0.3) is 0 Å². The van der Waals surface area contributed by atoms with E-state index in [4.69, 9.17) is 4.42 Å². The molecule has 10 aromatic rings. The summed E-state index contributed by atoms with van der Waals surface area (Å²) in [6, 6.07) is 67.7. The molecule has 1 heterocycles. The third kappa shape index (κ3) is 4.65. The van der Waals surface area contributed by atoms with Gasteiger partial charge in [-0.15, -0.1) is 0 Å². The van der Waals surface area contributed by atoms with E-state index in [0.717, 1.165) is 44.4 Å². The maximum absolute atomic E-state index is 6.26. The molecule has 0 aliphatic heterocycles. The normalized spacial score (nSPS) is 11.6. The van der Waals surface area contributed by atoms with Gasteiger partial charge in [0.15, 0.2) is 0 Å². The van der Waals surface area contributed by atoms with Crippen LogP contribution in [0.25, 0.3) is 76.5 Å². The van der Waals surface area contributed by atoms with Gasteiger partial charge < -0.3 is 9.32 Å². The summed E-state index contributed by atoms with van der Waals surface area (Å²) in [7, 11) is 0. The Morgan fingerprint density at radius 3 is 1.88 bits per heavy atom. The van der Waals surface area contributed by atoms with Gasteiger partial charge in [0.1, 0.15) is 11.2 Å². The molecule has 0 unspecified atom stereocenters. The Morgan fingerprint density at radius 1 is 0.320 bits per heavy atom. The van der Waals surface area contributed by atoms with Crippen LogP contribution in [0.5, 0.6) is 0 Å². The molecule has 0 atom stereocenters. The Balaban J connectivity index is 1.22. The largest absolute Gasteiger partial charge is 0.456 e. The van der Waals surface area contributed by atoms with Crippen molar-refractivity contribution in [2.75, 3.05) is 4.90 Å². The minimum absolute atomic E-state index is 0.915. The molecule has 0 amide bonds. The molecule has 0 aliphatic rings. The zero-order valence-electron chi connectivity index (χ0n) is 27.3. The van der Waals surface area contributed by atoms with Crippen LogP contribution in [0, 0.1) is 0 Å². The predicted octanol–water partition coefficient (Wildman–Crippen LogP) is 13.8. The van der Waals surface area contributed by atoms with Crippen molar-refractivity contribution in [3.63, 3.8) is 0 Å². The molecule has 0 fully saturated rings. The first-order valence-electron chi connectivity index (χ1n) is 17.1. The van der Waals surface area contributed by atoms with Crippen LogP contribution in [-0.2, 0) is 0 Å². The van der Waals surface area contributed by atoms with E-state index < -0.39 is 0 Å². The minimum Gasteiger partial charge on any atom is -0.456 e. The van der Waals surface area contributed by atoms with Crippen molar-refractivity contribution >= 4 is 71.3 Å². The molecule has 9 aromatic carbocycles. The number of hydrogen-bond acceptors (Lipinski definition) is 2. The monoisotopic (exact) mass is 637 g/mol. The van der Waals surface area contributed by atoms with Gasteiger partial charge in [-0.25, -0.2) is 0 Å². The van der Waals surface area contributed by atoms with Gasteiger partial charge in [-0.05, 0) is 104 Å². The van der Waals surface area contributed by atoms with Crippen molar-refractivity contribution in [3.8, 4) is 22.3 Å². The third-order valence-electron chi connectivity index (χ3n) is 10.0. The van der Waals surface area contributed by atoms with Crippen LogP contribution in [0.1, 0.15) is 0 Å². The molecule has 0 radical (unpaired) electrons. The number of anilines is 3. The van der Waals surface area contributed by atoms with Crippen molar-refractivity contribution in [3.05, 3.63) is 188 Å². The second-order valence-electron chi connectivity index (χ2n) is 12.9. The van der Waals surface area contributed by atoms with Crippen LogP contribution < -0.4 is 4.90 Å². The Bertz CT molecular complexity index is 2860. The van der Waals surface area contributed by atoms with Gasteiger partial charge >= 0.3 is 0 Å². The van der Waals surface area contributed by atoms with E-state index in [1.807, 2.05) is 12.1 Å². The highest BCUT2D eigenvalue weighted by Crippen LogP contribution is 2.45. The van der Waals surface area contributed by atoms with Gasteiger partial charge in [0.05, 0.1) is 5.69 Å². The zero-order chi connectivity index (χ0) is 33.0. The van der Waals surface area contributed by atoms with Crippen LogP contribution in [0.2, 0.25) is 0 Å². The quantitative estimate of drug-likeness (QED) is 0.175. The van der Waals surface area contributed by atoms with Crippen LogP contribution in [0.15, 0.2) is 192 Å². The Hall–Kier alpha value is -6.64. The Labute approximate surface area is 290 Å². The number of benzene rings is 9. The van der Waals surface area contributed by atoms with Crippen LogP contribution in [-0.4, -0.2) is 0 Å². The molecule has 0 bridgehead atoms. The SMILES string of the molecule is c1ccc(-c2cc(-c3cccc4ccccc34)ccc2N(c2ccccc2)c2ccc3ccc4cc5oc6ccccc6c5cc4c3c2)cc1. The van der Waals surface area contributed by atoms with E-state index in [9.17, 15) is 0 Å². The van der Waals surface area contributed by atoms with E-state index in [2.05, 4.69) is 181 Å². The topological polar surface area (TPSA) is 16.4 Å². The molecule has 1 aromatic heterocycles. The summed E-state index contributed by atoms with van der Waals surface area (Å²) < 4.78 is 6.26. The first-order chi connectivity index (χ1) is 24.8. The average molecular weight is 638 g/mol. The summed E-state index contributed by atoms with van der Waals surface area (Å²) >= 11 is 0. The lowest BCUT2D eigenvalue weighted by atomic mass is 9.93. The highest BCUT2D eigenvalue weighted by Gasteiger charge is 2.20. The number of para-hydroxylation sites is 2. The summed E-state index contributed by atoms with van der Waals surface area (Å²) in [5, 5.41) is 9.57. The second kappa shape index (κ2) is 11.5. The van der Waals surface area contributed by atoms with E-state index in [1.54, 1.807) is 0 Å². The van der Waals surface area contributed by atoms with Crippen LogP contribution >= 0.6 is 0 Å². The maximum atomic E-state index is 6.26. The summed E-state index contributed by atoms with van der Waals surface area (Å²) in [5.74, 6) is 0. The molecule has 0 saturated carbocycles. The zero-order valence-corrected chi connectivity index (χ0v) is 27.3. The molecule has 50 heavy (non-hydrogen) atoms. The van der Waals surface area contributed by atoms with Gasteiger partial charge in [-0.3, -0.25) is 0 Å². The lowest BCUT2D eigenvalue weighted by Gasteiger charge is -2.29. The molecule has 0 aliphatic carbocycles. The van der Waals surface area contributed by atoms with Crippen molar-refractivity contribution in [2.24, 2.45) is 0 Å². The standard InChI is InChI=1S/C48H31NO/c1-3-12-33(13-4-1)44-28-35(40-20-11-15-32-14-7-8-18-39(32)40)25-27-46(44)49(37-16-5-2-6-17-37)38-26-24-34-22-23-36-29-48-45(31-43(36)42(34)30-38)41-19-9-10-21-47(41)50-48/h1-31H. The minimum atomic E-state index is 0.915. The van der Waals surface area contributed by atoms with Gasteiger partial charge in [-0.2, -0.15) is 0 Å². The summed E-state index contributed by atoms with van der Waals surface area (Å²) in [6.45, 7) is 0. The molecule has 234 valence electrons. The Kier molecular flexibility index (Phi) is 6.53. The number of furan rings is 1. The molecule has 0 saturated heterocycles. The molecular formula is C48H31NO. The molecular weight excluding hydrogens is 607 g/mol. The molecule has 0 N–H and O–H groups in total. The highest BCUT2D eigenvalue weighted by molar-refractivity contribution is 6.17. The first kappa shape index (κ1) is 28.4. The summed E-state index contributed by atoms with van der Waals surface area (Å²) in [5.41, 5.74) is 9.92. The van der Waals surface area contributed by atoms with E-state index in [1.165, 1.54) is 49.2 Å². The van der Waals surface area contributed by atoms with Crippen molar-refractivity contribution in [2.45, 2.75) is 0 Å². The lowest BCUT2D eigenvalue weighted by molar-refractivity contribution is 0.669. The number of rotatable bonds is 5. The van der Waals surface area contributed by atoms with E-state index in [0.29, 0.717) is 0 Å². The van der Waals surface area contributed by atoms with Crippen molar-refractivity contribution in [1.29, 1.82) is 0 Å². The fraction of sp³-hybridized carbons (Fsp3) is 0. The molecule has 2 nitrogen and oxygen atoms in total. The molecule has 2 heteroatoms. The van der Waals surface area contributed by atoms with Gasteiger partial charge in [-0.1, -0.05) is 133 Å². The van der Waals surface area contributed by atoms with Crippen LogP contribution in [0.4, 0.5) is 17.1 Å². The fourth-order valence-electron chi connectivity index (χ4n) is 7.63. The summed E-state index contributed by atoms with van der Waals surface area (Å²) in [4.78, 5) is 2.40. The lowest BCUT2D eigenvalue weighted by Crippen LogP contribution is -2.11. The van der Waals surface area contributed by atoms with Gasteiger partial charge in [0, 0.05) is 27.7 Å². The predicted molar refractivity (Wildman–Crippen MR) is 212 cm³/mol. The second-order valence-corrected chi connectivity index (χ2v) is 12.9. The smallest absolute Gasteiger partial charge is 0.136 e. The van der Waals surface area contributed by atoms with Crippen molar-refractivity contribution in [1.82, 2.24) is 0 Å². The summed E-state index contributed by atoms with van der Waals surface area (Å²) in [6.07, 6.45) is 0. The fourth-order valence-corrected chi connectivity index (χ4v) is 7.63. The van der Waals surface area contributed by atoms with E-state index >= 15 is 0 Å². The number of fused-ring (bicyclic) bond motifs is 7.